The van der Waals surface area contributed by atoms with Crippen molar-refractivity contribution in [2.45, 2.75) is 6.92 Å². The number of nitrogens with two attached hydrogens (primary N) is 1. The monoisotopic (exact) mass is 380 g/mol. The van der Waals surface area contributed by atoms with Crippen molar-refractivity contribution < 1.29 is 4.79 Å². The van der Waals surface area contributed by atoms with Crippen LogP contribution in [0.5, 0.6) is 0 Å². The largest absolute Gasteiger partial charge is 0.330 e. The maximum atomic E-state index is 11.7. The summed E-state index contributed by atoms with van der Waals surface area (Å²) in [5, 5.41) is 2.87. The van der Waals surface area contributed by atoms with E-state index < -0.39 is 0 Å². The number of amides is 1. The number of halogens is 2. The second kappa shape index (κ2) is 7.41. The van der Waals surface area contributed by atoms with E-state index in [9.17, 15) is 4.79 Å². The Morgan fingerprint density at radius 1 is 1.41 bits per heavy atom. The molecule has 0 aromatic heterocycles. The van der Waals surface area contributed by atoms with Gasteiger partial charge in [0.05, 0.1) is 11.4 Å². The predicted molar refractivity (Wildman–Crippen MR) is 81.6 cm³/mol. The zero-order chi connectivity index (χ0) is 12.8. The van der Waals surface area contributed by atoms with Crippen molar-refractivity contribution in [1.29, 1.82) is 0 Å². The normalized spacial score (nSPS) is 10.4. The molecule has 0 fully saturated rings. The molecule has 0 spiro atoms. The zero-order valence-corrected chi connectivity index (χ0v) is 13.4. The molecule has 0 aliphatic carbocycles. The van der Waals surface area contributed by atoms with Gasteiger partial charge in [-0.3, -0.25) is 4.79 Å². The first kappa shape index (κ1) is 15.0. The Hall–Kier alpha value is -0.0400. The number of hydrogen-bond acceptors (Lipinski definition) is 3. The van der Waals surface area contributed by atoms with Gasteiger partial charge in [0.1, 0.15) is 0 Å². The fourth-order valence-corrected chi connectivity index (χ4v) is 3.43. The summed E-state index contributed by atoms with van der Waals surface area (Å²) < 4.78 is 1.75. The standard InChI is InChI=1S/C11H14Br2N2OS/c1-7-4-8(12)11(9(13)5-7)15-10(16)6-17-3-2-14/h4-5H,2-3,6,14H2,1H3,(H,15,16). The van der Waals surface area contributed by atoms with Gasteiger partial charge in [-0.05, 0) is 56.5 Å². The molecular weight excluding hydrogens is 368 g/mol. The van der Waals surface area contributed by atoms with Gasteiger partial charge in [0.15, 0.2) is 0 Å². The molecule has 0 aliphatic rings. The molecule has 17 heavy (non-hydrogen) atoms. The molecule has 0 aliphatic heterocycles. The number of carbonyl (C=O) groups is 1. The lowest BCUT2D eigenvalue weighted by Crippen LogP contribution is -2.16. The van der Waals surface area contributed by atoms with Crippen LogP contribution in [0.3, 0.4) is 0 Å². The smallest absolute Gasteiger partial charge is 0.234 e. The molecule has 6 heteroatoms. The van der Waals surface area contributed by atoms with Crippen molar-refractivity contribution >= 4 is 55.2 Å². The van der Waals surface area contributed by atoms with Crippen LogP contribution in [0.1, 0.15) is 5.56 Å². The number of aryl methyl sites for hydroxylation is 1. The van der Waals surface area contributed by atoms with Crippen LogP contribution in [0, 0.1) is 6.92 Å². The lowest BCUT2D eigenvalue weighted by Gasteiger charge is -2.10. The fraction of sp³-hybridized carbons (Fsp3) is 0.364. The Bertz CT molecular complexity index is 389. The molecule has 1 aromatic rings. The van der Waals surface area contributed by atoms with Crippen molar-refractivity contribution in [3.8, 4) is 0 Å². The molecule has 0 atom stereocenters. The first-order valence-corrected chi connectivity index (χ1v) is 7.82. The summed E-state index contributed by atoms with van der Waals surface area (Å²) in [5.41, 5.74) is 7.26. The quantitative estimate of drug-likeness (QED) is 0.770. The van der Waals surface area contributed by atoms with E-state index in [2.05, 4.69) is 37.2 Å². The summed E-state index contributed by atoms with van der Waals surface area (Å²) in [6.45, 7) is 2.59. The predicted octanol–water partition coefficient (Wildman–Crippen LogP) is 3.15. The highest BCUT2D eigenvalue weighted by Gasteiger charge is 2.09. The van der Waals surface area contributed by atoms with Crippen LogP contribution in [0.4, 0.5) is 5.69 Å². The summed E-state index contributed by atoms with van der Waals surface area (Å²) in [4.78, 5) is 11.7. The van der Waals surface area contributed by atoms with Gasteiger partial charge in [0.25, 0.3) is 0 Å². The summed E-state index contributed by atoms with van der Waals surface area (Å²) in [6.07, 6.45) is 0. The number of hydrogen-bond donors (Lipinski definition) is 2. The van der Waals surface area contributed by atoms with Crippen molar-refractivity contribution in [3.05, 3.63) is 26.6 Å². The number of nitrogens with one attached hydrogen (secondary N) is 1. The van der Waals surface area contributed by atoms with Crippen molar-refractivity contribution in [3.63, 3.8) is 0 Å². The van der Waals surface area contributed by atoms with E-state index in [0.717, 1.165) is 25.9 Å². The summed E-state index contributed by atoms with van der Waals surface area (Å²) >= 11 is 8.40. The first-order chi connectivity index (χ1) is 8.04. The van der Waals surface area contributed by atoms with Gasteiger partial charge in [-0.1, -0.05) is 0 Å². The number of benzene rings is 1. The van der Waals surface area contributed by atoms with Gasteiger partial charge in [0.2, 0.25) is 5.91 Å². The van der Waals surface area contributed by atoms with E-state index in [1.165, 1.54) is 11.8 Å². The van der Waals surface area contributed by atoms with E-state index in [-0.39, 0.29) is 5.91 Å². The van der Waals surface area contributed by atoms with Crippen LogP contribution in [0.15, 0.2) is 21.1 Å². The Morgan fingerprint density at radius 3 is 2.53 bits per heavy atom. The average Bonchev–Trinajstić information content (AvgIpc) is 2.24. The minimum absolute atomic E-state index is 0.0197. The molecule has 1 rings (SSSR count). The second-order valence-electron chi connectivity index (χ2n) is 3.49. The number of anilines is 1. The van der Waals surface area contributed by atoms with Crippen LogP contribution in [-0.2, 0) is 4.79 Å². The van der Waals surface area contributed by atoms with E-state index in [1.807, 2.05) is 19.1 Å². The molecule has 0 heterocycles. The third kappa shape index (κ3) is 4.99. The number of carbonyl (C=O) groups excluding carboxylic acids is 1. The highest BCUT2D eigenvalue weighted by atomic mass is 79.9. The third-order valence-electron chi connectivity index (χ3n) is 1.95. The van der Waals surface area contributed by atoms with E-state index in [4.69, 9.17) is 5.73 Å². The van der Waals surface area contributed by atoms with Crippen LogP contribution in [0.2, 0.25) is 0 Å². The molecule has 1 aromatic carbocycles. The highest BCUT2D eigenvalue weighted by molar-refractivity contribution is 9.11. The Balaban J connectivity index is 2.65. The summed E-state index contributed by atoms with van der Waals surface area (Å²) in [5.74, 6) is 1.20. The van der Waals surface area contributed by atoms with Crippen LogP contribution < -0.4 is 11.1 Å². The zero-order valence-electron chi connectivity index (χ0n) is 9.43. The van der Waals surface area contributed by atoms with Crippen LogP contribution >= 0.6 is 43.6 Å². The molecule has 0 saturated carbocycles. The minimum atomic E-state index is -0.0197. The first-order valence-electron chi connectivity index (χ1n) is 5.08. The number of thioether (sulfide) groups is 1. The van der Waals surface area contributed by atoms with Crippen molar-refractivity contribution in [2.24, 2.45) is 5.73 Å². The second-order valence-corrected chi connectivity index (χ2v) is 6.31. The Labute approximate surface area is 122 Å². The van der Waals surface area contributed by atoms with E-state index in [1.54, 1.807) is 0 Å². The van der Waals surface area contributed by atoms with Gasteiger partial charge in [-0.15, -0.1) is 0 Å². The molecule has 0 unspecified atom stereocenters. The van der Waals surface area contributed by atoms with Gasteiger partial charge >= 0.3 is 0 Å². The Morgan fingerprint density at radius 2 is 2.00 bits per heavy atom. The summed E-state index contributed by atoms with van der Waals surface area (Å²) in [7, 11) is 0. The molecule has 3 nitrogen and oxygen atoms in total. The minimum Gasteiger partial charge on any atom is -0.330 e. The van der Waals surface area contributed by atoms with Gasteiger partial charge in [0, 0.05) is 21.2 Å². The van der Waals surface area contributed by atoms with Gasteiger partial charge in [-0.25, -0.2) is 0 Å². The molecule has 0 saturated heterocycles. The molecule has 0 radical (unpaired) electrons. The van der Waals surface area contributed by atoms with Crippen molar-refractivity contribution in [1.82, 2.24) is 0 Å². The highest BCUT2D eigenvalue weighted by Crippen LogP contribution is 2.32. The fourth-order valence-electron chi connectivity index (χ4n) is 1.24. The molecule has 1 amide bonds. The lowest BCUT2D eigenvalue weighted by atomic mass is 10.2. The van der Waals surface area contributed by atoms with Gasteiger partial charge in [-0.2, -0.15) is 11.8 Å². The van der Waals surface area contributed by atoms with Crippen molar-refractivity contribution in [2.75, 3.05) is 23.4 Å². The average molecular weight is 382 g/mol. The Kier molecular flexibility index (Phi) is 6.54. The lowest BCUT2D eigenvalue weighted by molar-refractivity contribution is -0.113. The third-order valence-corrected chi connectivity index (χ3v) is 4.19. The molecular formula is C11H14Br2N2OS. The SMILES string of the molecule is Cc1cc(Br)c(NC(=O)CSCCN)c(Br)c1. The maximum absolute atomic E-state index is 11.7. The van der Waals surface area contributed by atoms with Gasteiger partial charge < -0.3 is 11.1 Å². The maximum Gasteiger partial charge on any atom is 0.234 e. The van der Waals surface area contributed by atoms with Crippen LogP contribution in [0.25, 0.3) is 0 Å². The topological polar surface area (TPSA) is 55.1 Å². The molecule has 94 valence electrons. The van der Waals surface area contributed by atoms with Crippen LogP contribution in [-0.4, -0.2) is 24.0 Å². The summed E-state index contributed by atoms with van der Waals surface area (Å²) in [6, 6.07) is 3.93. The van der Waals surface area contributed by atoms with E-state index in [0.29, 0.717) is 12.3 Å². The van der Waals surface area contributed by atoms with E-state index >= 15 is 0 Å². The molecule has 3 N–H and O–H groups in total. The molecule has 0 bridgehead atoms. The number of rotatable bonds is 5.